The third-order valence-electron chi connectivity index (χ3n) is 1.18. The smallest absolute Gasteiger partial charge is 0.145 e. The van der Waals surface area contributed by atoms with Gasteiger partial charge in [0.2, 0.25) is 0 Å². The molecule has 14 heavy (non-hydrogen) atoms. The van der Waals surface area contributed by atoms with E-state index in [4.69, 9.17) is 0 Å². The summed E-state index contributed by atoms with van der Waals surface area (Å²) in [6, 6.07) is 0. The van der Waals surface area contributed by atoms with Crippen LogP contribution in [0.15, 0.2) is 4.40 Å². The zero-order valence-electron chi connectivity index (χ0n) is 9.84. The Labute approximate surface area is 90.8 Å². The number of rotatable bonds is 1. The van der Waals surface area contributed by atoms with Crippen molar-refractivity contribution in [1.82, 2.24) is 0 Å². The maximum absolute atomic E-state index is 11.4. The lowest BCUT2D eigenvalue weighted by molar-refractivity contribution is 0.651. The van der Waals surface area contributed by atoms with Crippen LogP contribution >= 0.6 is 0 Å². The van der Waals surface area contributed by atoms with Crippen LogP contribution in [0.25, 0.3) is 0 Å². The molecule has 0 aliphatic heterocycles. The summed E-state index contributed by atoms with van der Waals surface area (Å²) in [5.41, 5.74) is 3.13. The van der Waals surface area contributed by atoms with E-state index in [0.717, 1.165) is 0 Å². The molecule has 0 amide bonds. The SMILES string of the molecule is CC(C)(C)[S@](=O)N=CC#C[Si](C)(C)C. The van der Waals surface area contributed by atoms with E-state index in [-0.39, 0.29) is 4.75 Å². The lowest BCUT2D eigenvalue weighted by atomic mass is 10.3. The van der Waals surface area contributed by atoms with Gasteiger partial charge in [0.1, 0.15) is 19.1 Å². The van der Waals surface area contributed by atoms with Crippen molar-refractivity contribution in [3.8, 4) is 11.5 Å². The fraction of sp³-hybridized carbons (Fsp3) is 0.700. The van der Waals surface area contributed by atoms with E-state index < -0.39 is 19.1 Å². The molecule has 0 heterocycles. The number of hydrogen-bond acceptors (Lipinski definition) is 1. The van der Waals surface area contributed by atoms with Gasteiger partial charge in [0.15, 0.2) is 0 Å². The minimum absolute atomic E-state index is 0.294. The molecule has 0 radical (unpaired) electrons. The van der Waals surface area contributed by atoms with Crippen LogP contribution in [0.1, 0.15) is 20.8 Å². The van der Waals surface area contributed by atoms with Crippen LogP contribution in [-0.2, 0) is 11.0 Å². The molecule has 0 N–H and O–H groups in total. The van der Waals surface area contributed by atoms with Crippen molar-refractivity contribution in [3.63, 3.8) is 0 Å². The highest BCUT2D eigenvalue weighted by Crippen LogP contribution is 2.11. The minimum Gasteiger partial charge on any atom is -0.234 e. The number of nitrogens with zero attached hydrogens (tertiary/aromatic N) is 1. The molecular formula is C10H19NOSSi. The van der Waals surface area contributed by atoms with Crippen molar-refractivity contribution in [3.05, 3.63) is 0 Å². The van der Waals surface area contributed by atoms with Gasteiger partial charge in [-0.3, -0.25) is 0 Å². The van der Waals surface area contributed by atoms with E-state index in [2.05, 4.69) is 35.5 Å². The predicted molar refractivity (Wildman–Crippen MR) is 67.5 cm³/mol. The molecule has 0 saturated carbocycles. The van der Waals surface area contributed by atoms with E-state index >= 15 is 0 Å². The first-order valence-electron chi connectivity index (χ1n) is 4.60. The third-order valence-corrected chi connectivity index (χ3v) is 3.42. The first kappa shape index (κ1) is 13.6. The summed E-state index contributed by atoms with van der Waals surface area (Å²) < 4.78 is 15.0. The predicted octanol–water partition coefficient (Wildman–Crippen LogP) is 2.40. The molecule has 0 aromatic carbocycles. The zero-order chi connectivity index (χ0) is 11.4. The maximum atomic E-state index is 11.4. The molecule has 0 aliphatic carbocycles. The average Bonchev–Trinajstić information content (AvgIpc) is 1.93. The second-order valence-electron chi connectivity index (χ2n) is 5.12. The van der Waals surface area contributed by atoms with Gasteiger partial charge in [-0.15, -0.1) is 5.54 Å². The monoisotopic (exact) mass is 229 g/mol. The Balaban J connectivity index is 4.34. The van der Waals surface area contributed by atoms with Crippen LogP contribution < -0.4 is 0 Å². The van der Waals surface area contributed by atoms with Crippen molar-refractivity contribution >= 4 is 25.3 Å². The van der Waals surface area contributed by atoms with Crippen LogP contribution in [0, 0.1) is 11.5 Å². The lowest BCUT2D eigenvalue weighted by Crippen LogP contribution is -2.19. The highest BCUT2D eigenvalue weighted by Gasteiger charge is 2.17. The standard InChI is InChI=1S/C10H19NOSSi/c1-10(2,3)13(12)11-8-7-9-14(4,5)6/h8H,1-6H3/t13-/m0/s1. The quantitative estimate of drug-likeness (QED) is 0.386. The highest BCUT2D eigenvalue weighted by atomic mass is 32.2. The topological polar surface area (TPSA) is 29.4 Å². The largest absolute Gasteiger partial charge is 0.234 e. The van der Waals surface area contributed by atoms with Gasteiger partial charge >= 0.3 is 0 Å². The Morgan fingerprint density at radius 1 is 1.29 bits per heavy atom. The Hall–Kier alpha value is -0.403. The third kappa shape index (κ3) is 7.04. The van der Waals surface area contributed by atoms with Gasteiger partial charge in [0.05, 0.1) is 11.0 Å². The molecule has 0 saturated heterocycles. The summed E-state index contributed by atoms with van der Waals surface area (Å²) in [5.74, 6) is 2.86. The first-order chi connectivity index (χ1) is 6.13. The Morgan fingerprint density at radius 2 is 1.79 bits per heavy atom. The van der Waals surface area contributed by atoms with Gasteiger partial charge in [-0.2, -0.15) is 4.40 Å². The molecule has 0 aliphatic rings. The van der Waals surface area contributed by atoms with E-state index in [1.165, 1.54) is 6.21 Å². The van der Waals surface area contributed by atoms with E-state index in [1.54, 1.807) is 0 Å². The minimum atomic E-state index is -1.33. The molecule has 0 unspecified atom stereocenters. The van der Waals surface area contributed by atoms with Crippen LogP contribution in [0.2, 0.25) is 19.6 Å². The van der Waals surface area contributed by atoms with Crippen LogP contribution in [0.5, 0.6) is 0 Å². The van der Waals surface area contributed by atoms with Crippen molar-refractivity contribution < 1.29 is 4.21 Å². The summed E-state index contributed by atoms with van der Waals surface area (Å²) in [7, 11) is -2.51. The zero-order valence-corrected chi connectivity index (χ0v) is 11.7. The summed E-state index contributed by atoms with van der Waals surface area (Å²) in [5, 5.41) is 0. The molecule has 0 bridgehead atoms. The molecule has 80 valence electrons. The molecular weight excluding hydrogens is 210 g/mol. The van der Waals surface area contributed by atoms with Crippen LogP contribution in [-0.4, -0.2) is 23.2 Å². The Morgan fingerprint density at radius 3 is 2.14 bits per heavy atom. The summed E-state index contributed by atoms with van der Waals surface area (Å²) in [6.07, 6.45) is 1.47. The van der Waals surface area contributed by atoms with Crippen molar-refractivity contribution in [2.45, 2.75) is 45.2 Å². The molecule has 0 rings (SSSR count). The van der Waals surface area contributed by atoms with E-state index in [9.17, 15) is 4.21 Å². The normalized spacial score (nSPS) is 15.0. The fourth-order valence-electron chi connectivity index (χ4n) is 0.481. The van der Waals surface area contributed by atoms with Crippen molar-refractivity contribution in [2.75, 3.05) is 0 Å². The van der Waals surface area contributed by atoms with Gasteiger partial charge in [0.25, 0.3) is 0 Å². The van der Waals surface area contributed by atoms with Gasteiger partial charge < -0.3 is 0 Å². The van der Waals surface area contributed by atoms with E-state index in [1.807, 2.05) is 20.8 Å². The van der Waals surface area contributed by atoms with Crippen molar-refractivity contribution in [2.24, 2.45) is 4.40 Å². The van der Waals surface area contributed by atoms with E-state index in [0.29, 0.717) is 0 Å². The maximum Gasteiger partial charge on any atom is 0.145 e. The van der Waals surface area contributed by atoms with Gasteiger partial charge in [0, 0.05) is 0 Å². The van der Waals surface area contributed by atoms with Gasteiger partial charge in [-0.25, -0.2) is 4.21 Å². The van der Waals surface area contributed by atoms with Crippen molar-refractivity contribution in [1.29, 1.82) is 0 Å². The summed E-state index contributed by atoms with van der Waals surface area (Å²) in [4.78, 5) is 0. The molecule has 0 fully saturated rings. The second kappa shape index (κ2) is 4.90. The first-order valence-corrected chi connectivity index (χ1v) is 9.21. The highest BCUT2D eigenvalue weighted by molar-refractivity contribution is 7.85. The Bertz CT molecular complexity index is 299. The summed E-state index contributed by atoms with van der Waals surface area (Å²) in [6.45, 7) is 12.2. The molecule has 0 aromatic heterocycles. The summed E-state index contributed by atoms with van der Waals surface area (Å²) >= 11 is 0. The van der Waals surface area contributed by atoms with Gasteiger partial charge in [-0.05, 0) is 20.8 Å². The van der Waals surface area contributed by atoms with Crippen LogP contribution in [0.4, 0.5) is 0 Å². The molecule has 0 aromatic rings. The molecule has 2 nitrogen and oxygen atoms in total. The lowest BCUT2D eigenvalue weighted by Gasteiger charge is -2.12. The molecule has 4 heteroatoms. The fourth-order valence-corrected chi connectivity index (χ4v) is 1.44. The molecule has 0 spiro atoms. The second-order valence-corrected chi connectivity index (χ2v) is 11.8. The van der Waals surface area contributed by atoms with Gasteiger partial charge in [-0.1, -0.05) is 25.6 Å². The van der Waals surface area contributed by atoms with Crippen LogP contribution in [0.3, 0.4) is 0 Å². The number of hydrogen-bond donors (Lipinski definition) is 0. The Kier molecular flexibility index (Phi) is 4.76. The molecule has 1 atom stereocenters. The average molecular weight is 229 g/mol.